The lowest BCUT2D eigenvalue weighted by atomic mass is 10.1. The van der Waals surface area contributed by atoms with E-state index in [0.29, 0.717) is 0 Å². The molecule has 1 aromatic carbocycles. The number of alkyl halides is 3. The largest absolute Gasteiger partial charge is 0.416 e. The molecule has 8 heteroatoms. The third kappa shape index (κ3) is 2.19. The van der Waals surface area contributed by atoms with E-state index >= 15 is 0 Å². The summed E-state index contributed by atoms with van der Waals surface area (Å²) in [5.74, 6) is 0. The van der Waals surface area contributed by atoms with Gasteiger partial charge in [0.1, 0.15) is 5.52 Å². The van der Waals surface area contributed by atoms with Gasteiger partial charge in [-0.25, -0.2) is 4.68 Å². The van der Waals surface area contributed by atoms with Gasteiger partial charge in [-0.3, -0.25) is 4.79 Å². The Morgan fingerprint density at radius 3 is 2.67 bits per heavy atom. The lowest BCUT2D eigenvalue weighted by molar-refractivity contribution is -0.137. The topological polar surface area (TPSA) is 73.8 Å². The maximum atomic E-state index is 12.5. The van der Waals surface area contributed by atoms with Crippen molar-refractivity contribution in [3.05, 3.63) is 34.1 Å². The zero-order valence-corrected chi connectivity index (χ0v) is 9.11. The predicted octanol–water partition coefficient (Wildman–Crippen LogP) is 0.769. The molecule has 0 amide bonds. The molecular weight excluding hydrogens is 249 g/mol. The van der Waals surface area contributed by atoms with E-state index in [1.165, 1.54) is 0 Å². The molecule has 0 radical (unpaired) electrons. The molecule has 2 N–H and O–H groups in total. The van der Waals surface area contributed by atoms with E-state index in [-0.39, 0.29) is 24.0 Å². The van der Waals surface area contributed by atoms with Crippen LogP contribution in [0.15, 0.2) is 23.0 Å². The van der Waals surface area contributed by atoms with E-state index in [9.17, 15) is 18.0 Å². The van der Waals surface area contributed by atoms with Crippen molar-refractivity contribution in [2.75, 3.05) is 6.54 Å². The standard InChI is InChI=1S/C10H9F3N4O/c11-10(12,13)6-1-2-7-8(5-6)15-16-17(4-3-14)9(7)18/h1-2,5H,3-4,14H2. The van der Waals surface area contributed by atoms with Gasteiger partial charge in [-0.2, -0.15) is 13.2 Å². The number of fused-ring (bicyclic) bond motifs is 1. The first-order chi connectivity index (χ1) is 8.43. The highest BCUT2D eigenvalue weighted by Crippen LogP contribution is 2.30. The molecule has 0 saturated heterocycles. The Morgan fingerprint density at radius 1 is 1.33 bits per heavy atom. The third-order valence-corrected chi connectivity index (χ3v) is 2.39. The zero-order chi connectivity index (χ0) is 13.3. The molecule has 0 spiro atoms. The molecule has 0 atom stereocenters. The van der Waals surface area contributed by atoms with Crippen molar-refractivity contribution >= 4 is 10.9 Å². The van der Waals surface area contributed by atoms with Crippen LogP contribution in [0, 0.1) is 0 Å². The van der Waals surface area contributed by atoms with Gasteiger partial charge in [0.2, 0.25) is 0 Å². The quantitative estimate of drug-likeness (QED) is 0.863. The molecule has 96 valence electrons. The summed E-state index contributed by atoms with van der Waals surface area (Å²) >= 11 is 0. The number of hydrogen-bond donors (Lipinski definition) is 1. The van der Waals surface area contributed by atoms with Crippen LogP contribution in [0.1, 0.15) is 5.56 Å². The Kier molecular flexibility index (Phi) is 3.04. The van der Waals surface area contributed by atoms with Crippen molar-refractivity contribution in [3.63, 3.8) is 0 Å². The van der Waals surface area contributed by atoms with Gasteiger partial charge in [0, 0.05) is 6.54 Å². The van der Waals surface area contributed by atoms with Crippen LogP contribution >= 0.6 is 0 Å². The summed E-state index contributed by atoms with van der Waals surface area (Å²) < 4.78 is 38.4. The van der Waals surface area contributed by atoms with Crippen molar-refractivity contribution in [3.8, 4) is 0 Å². The molecule has 2 aromatic rings. The average molecular weight is 258 g/mol. The minimum absolute atomic E-state index is 0.0805. The molecule has 0 bridgehead atoms. The van der Waals surface area contributed by atoms with Crippen LogP contribution in [-0.4, -0.2) is 21.5 Å². The summed E-state index contributed by atoms with van der Waals surface area (Å²) in [6.45, 7) is 0.365. The SMILES string of the molecule is NCCn1nnc2cc(C(F)(F)F)ccc2c1=O. The molecule has 2 rings (SSSR count). The van der Waals surface area contributed by atoms with Crippen LogP contribution < -0.4 is 11.3 Å². The lowest BCUT2D eigenvalue weighted by Gasteiger charge is -2.07. The van der Waals surface area contributed by atoms with Crippen LogP contribution in [0.3, 0.4) is 0 Å². The molecule has 0 aliphatic rings. The zero-order valence-electron chi connectivity index (χ0n) is 9.11. The molecule has 1 aromatic heterocycles. The fraction of sp³-hybridized carbons (Fsp3) is 0.300. The number of benzene rings is 1. The van der Waals surface area contributed by atoms with E-state index in [0.717, 1.165) is 22.9 Å². The van der Waals surface area contributed by atoms with Gasteiger partial charge in [-0.05, 0) is 18.2 Å². The number of halogens is 3. The molecule has 18 heavy (non-hydrogen) atoms. The summed E-state index contributed by atoms with van der Waals surface area (Å²) in [5.41, 5.74) is 3.84. The molecule has 0 unspecified atom stereocenters. The van der Waals surface area contributed by atoms with Gasteiger partial charge in [0.15, 0.2) is 0 Å². The number of rotatable bonds is 2. The van der Waals surface area contributed by atoms with E-state index in [2.05, 4.69) is 10.3 Å². The minimum Gasteiger partial charge on any atom is -0.329 e. The fourth-order valence-electron chi connectivity index (χ4n) is 1.52. The number of hydrogen-bond acceptors (Lipinski definition) is 4. The Balaban J connectivity index is 2.62. The average Bonchev–Trinajstić information content (AvgIpc) is 2.31. The summed E-state index contributed by atoms with van der Waals surface area (Å²) in [4.78, 5) is 11.8. The Hall–Kier alpha value is -1.96. The highest BCUT2D eigenvalue weighted by Gasteiger charge is 2.30. The van der Waals surface area contributed by atoms with Crippen molar-refractivity contribution in [1.82, 2.24) is 15.0 Å². The van der Waals surface area contributed by atoms with Crippen LogP contribution in [0.4, 0.5) is 13.2 Å². The van der Waals surface area contributed by atoms with E-state index in [1.807, 2.05) is 0 Å². The molecule has 5 nitrogen and oxygen atoms in total. The molecular formula is C10H9F3N4O. The fourth-order valence-corrected chi connectivity index (χ4v) is 1.52. The summed E-state index contributed by atoms with van der Waals surface area (Å²) in [6.07, 6.45) is -4.47. The van der Waals surface area contributed by atoms with Crippen molar-refractivity contribution in [1.29, 1.82) is 0 Å². The maximum Gasteiger partial charge on any atom is 0.416 e. The first-order valence-electron chi connectivity index (χ1n) is 5.08. The van der Waals surface area contributed by atoms with E-state index in [1.54, 1.807) is 0 Å². The number of nitrogens with zero attached hydrogens (tertiary/aromatic N) is 3. The molecule has 1 heterocycles. The van der Waals surface area contributed by atoms with Gasteiger partial charge in [-0.1, -0.05) is 5.21 Å². The summed E-state index contributed by atoms with van der Waals surface area (Å²) in [6, 6.07) is 2.75. The van der Waals surface area contributed by atoms with Crippen LogP contribution in [0.5, 0.6) is 0 Å². The maximum absolute atomic E-state index is 12.5. The molecule has 0 aliphatic carbocycles. The second kappa shape index (κ2) is 4.37. The minimum atomic E-state index is -4.47. The summed E-state index contributed by atoms with van der Waals surface area (Å²) in [7, 11) is 0. The lowest BCUT2D eigenvalue weighted by Crippen LogP contribution is -2.27. The normalized spacial score (nSPS) is 12.0. The highest BCUT2D eigenvalue weighted by molar-refractivity contribution is 5.77. The third-order valence-electron chi connectivity index (χ3n) is 2.39. The van der Waals surface area contributed by atoms with Crippen molar-refractivity contribution in [2.24, 2.45) is 5.73 Å². The monoisotopic (exact) mass is 258 g/mol. The van der Waals surface area contributed by atoms with Gasteiger partial charge in [-0.15, -0.1) is 5.10 Å². The molecule has 0 saturated carbocycles. The van der Waals surface area contributed by atoms with Crippen LogP contribution in [-0.2, 0) is 12.7 Å². The number of nitrogens with two attached hydrogens (primary N) is 1. The predicted molar refractivity (Wildman–Crippen MR) is 57.9 cm³/mol. The smallest absolute Gasteiger partial charge is 0.329 e. The van der Waals surface area contributed by atoms with Crippen molar-refractivity contribution in [2.45, 2.75) is 12.7 Å². The van der Waals surface area contributed by atoms with Gasteiger partial charge in [0.25, 0.3) is 5.56 Å². The van der Waals surface area contributed by atoms with Gasteiger partial charge < -0.3 is 5.73 Å². The number of aromatic nitrogens is 3. The second-order valence-electron chi connectivity index (χ2n) is 3.64. The molecule has 0 fully saturated rings. The van der Waals surface area contributed by atoms with Crippen LogP contribution in [0.2, 0.25) is 0 Å². The Morgan fingerprint density at radius 2 is 2.06 bits per heavy atom. The Bertz CT molecular complexity index is 635. The van der Waals surface area contributed by atoms with E-state index < -0.39 is 17.3 Å². The van der Waals surface area contributed by atoms with E-state index in [4.69, 9.17) is 5.73 Å². The first kappa shape index (κ1) is 12.5. The van der Waals surface area contributed by atoms with Crippen LogP contribution in [0.25, 0.3) is 10.9 Å². The van der Waals surface area contributed by atoms with Gasteiger partial charge >= 0.3 is 6.18 Å². The van der Waals surface area contributed by atoms with Gasteiger partial charge in [0.05, 0.1) is 17.5 Å². The first-order valence-corrected chi connectivity index (χ1v) is 5.08. The van der Waals surface area contributed by atoms with Crippen molar-refractivity contribution < 1.29 is 13.2 Å². The molecule has 0 aliphatic heterocycles. The second-order valence-corrected chi connectivity index (χ2v) is 3.64. The summed E-state index contributed by atoms with van der Waals surface area (Å²) in [5, 5.41) is 7.21. The Labute approximate surface area is 99.0 Å². The highest BCUT2D eigenvalue weighted by atomic mass is 19.4.